The van der Waals surface area contributed by atoms with Crippen molar-refractivity contribution in [2.75, 3.05) is 19.9 Å². The lowest BCUT2D eigenvalue weighted by Gasteiger charge is -2.14. The molecule has 2 N–H and O–H groups in total. The Bertz CT molecular complexity index is 1090. The highest BCUT2D eigenvalue weighted by Gasteiger charge is 2.21. The summed E-state index contributed by atoms with van der Waals surface area (Å²) in [5.41, 5.74) is 1.32. The van der Waals surface area contributed by atoms with E-state index in [-0.39, 0.29) is 5.75 Å². The standard InChI is InChI=1S/C19H17Cl2N5O3S/c1-22-18(28)23-16(27)10-30-19-25-24-17(11-4-3-5-12(20)8-11)26(19)14-9-13(21)6-7-15(14)29-2/h3-9H,10H2,1-2H3,(H2,22,23,27,28). The topological polar surface area (TPSA) is 98.1 Å². The monoisotopic (exact) mass is 465 g/mol. The average molecular weight is 466 g/mol. The van der Waals surface area contributed by atoms with E-state index in [1.807, 2.05) is 6.07 Å². The fraction of sp³-hybridized carbons (Fsp3) is 0.158. The van der Waals surface area contributed by atoms with Gasteiger partial charge in [-0.05, 0) is 30.3 Å². The lowest BCUT2D eigenvalue weighted by molar-refractivity contribution is -0.117. The second-order valence-corrected chi connectivity index (χ2v) is 7.70. The highest BCUT2D eigenvalue weighted by atomic mass is 35.5. The van der Waals surface area contributed by atoms with Gasteiger partial charge < -0.3 is 10.1 Å². The Kier molecular flexibility index (Phi) is 7.20. The molecule has 1 aromatic heterocycles. The molecular formula is C19H17Cl2N5O3S. The van der Waals surface area contributed by atoms with Crippen LogP contribution in [0.1, 0.15) is 0 Å². The van der Waals surface area contributed by atoms with E-state index in [9.17, 15) is 9.59 Å². The lowest BCUT2D eigenvalue weighted by atomic mass is 10.2. The van der Waals surface area contributed by atoms with Gasteiger partial charge in [0.2, 0.25) is 5.91 Å². The molecule has 0 radical (unpaired) electrons. The second-order valence-electron chi connectivity index (χ2n) is 5.88. The lowest BCUT2D eigenvalue weighted by Crippen LogP contribution is -2.38. The van der Waals surface area contributed by atoms with Crippen LogP contribution in [-0.4, -0.2) is 46.6 Å². The van der Waals surface area contributed by atoms with Crippen LogP contribution in [0, 0.1) is 0 Å². The van der Waals surface area contributed by atoms with Gasteiger partial charge in [0, 0.05) is 22.7 Å². The van der Waals surface area contributed by atoms with Gasteiger partial charge in [-0.25, -0.2) is 4.79 Å². The summed E-state index contributed by atoms with van der Waals surface area (Å²) in [7, 11) is 2.97. The molecule has 0 saturated heterocycles. The van der Waals surface area contributed by atoms with Crippen molar-refractivity contribution >= 4 is 46.9 Å². The number of aromatic nitrogens is 3. The van der Waals surface area contributed by atoms with Crippen molar-refractivity contribution in [1.82, 2.24) is 25.4 Å². The van der Waals surface area contributed by atoms with Crippen LogP contribution < -0.4 is 15.4 Å². The first-order valence-corrected chi connectivity index (χ1v) is 10.4. The molecule has 156 valence electrons. The highest BCUT2D eigenvalue weighted by Crippen LogP contribution is 2.34. The number of benzene rings is 2. The molecule has 1 heterocycles. The van der Waals surface area contributed by atoms with Crippen LogP contribution in [0.15, 0.2) is 47.6 Å². The van der Waals surface area contributed by atoms with Crippen molar-refractivity contribution in [2.45, 2.75) is 5.16 Å². The number of hydrogen-bond donors (Lipinski definition) is 2. The molecule has 0 bridgehead atoms. The van der Waals surface area contributed by atoms with Crippen molar-refractivity contribution in [1.29, 1.82) is 0 Å². The molecule has 11 heteroatoms. The van der Waals surface area contributed by atoms with Gasteiger partial charge in [0.05, 0.1) is 18.6 Å². The van der Waals surface area contributed by atoms with Crippen LogP contribution in [0.2, 0.25) is 10.0 Å². The number of halogens is 2. The number of thioether (sulfide) groups is 1. The summed E-state index contributed by atoms with van der Waals surface area (Å²) in [5.74, 6) is 0.506. The van der Waals surface area contributed by atoms with E-state index >= 15 is 0 Å². The Balaban J connectivity index is 2.05. The van der Waals surface area contributed by atoms with E-state index < -0.39 is 11.9 Å². The number of amides is 3. The van der Waals surface area contributed by atoms with Crippen LogP contribution >= 0.6 is 35.0 Å². The number of nitrogens with zero attached hydrogens (tertiary/aromatic N) is 3. The summed E-state index contributed by atoms with van der Waals surface area (Å²) >= 11 is 13.5. The van der Waals surface area contributed by atoms with Crippen molar-refractivity contribution in [2.24, 2.45) is 0 Å². The number of methoxy groups -OCH3 is 1. The normalized spacial score (nSPS) is 10.5. The van der Waals surface area contributed by atoms with E-state index in [0.717, 1.165) is 17.3 Å². The summed E-state index contributed by atoms with van der Waals surface area (Å²) < 4.78 is 7.21. The molecule has 3 rings (SSSR count). The SMILES string of the molecule is CNC(=O)NC(=O)CSc1nnc(-c2cccc(Cl)c2)n1-c1cc(Cl)ccc1OC. The largest absolute Gasteiger partial charge is 0.495 e. The van der Waals surface area contributed by atoms with Gasteiger partial charge in [-0.15, -0.1) is 10.2 Å². The van der Waals surface area contributed by atoms with Crippen LogP contribution in [0.25, 0.3) is 17.1 Å². The zero-order chi connectivity index (χ0) is 21.7. The Hall–Kier alpha value is -2.75. The van der Waals surface area contributed by atoms with Crippen molar-refractivity contribution in [3.63, 3.8) is 0 Å². The van der Waals surface area contributed by atoms with Gasteiger partial charge in [-0.2, -0.15) is 0 Å². The number of imide groups is 1. The minimum Gasteiger partial charge on any atom is -0.495 e. The fourth-order valence-electron chi connectivity index (χ4n) is 2.59. The zero-order valence-electron chi connectivity index (χ0n) is 16.0. The number of hydrogen-bond acceptors (Lipinski definition) is 6. The smallest absolute Gasteiger partial charge is 0.321 e. The molecule has 0 unspecified atom stereocenters. The maximum absolute atomic E-state index is 12.0. The Morgan fingerprint density at radius 2 is 1.90 bits per heavy atom. The number of urea groups is 1. The molecule has 3 aromatic rings. The van der Waals surface area contributed by atoms with Crippen LogP contribution in [0.3, 0.4) is 0 Å². The van der Waals surface area contributed by atoms with Gasteiger partial charge in [0.1, 0.15) is 5.75 Å². The molecule has 0 aliphatic heterocycles. The number of nitrogens with one attached hydrogen (secondary N) is 2. The molecule has 3 amide bonds. The average Bonchev–Trinajstić information content (AvgIpc) is 3.16. The molecule has 8 nitrogen and oxygen atoms in total. The molecule has 30 heavy (non-hydrogen) atoms. The molecule has 0 aliphatic carbocycles. The molecule has 0 atom stereocenters. The number of carbonyl (C=O) groups is 2. The minimum absolute atomic E-state index is 0.0516. The van der Waals surface area contributed by atoms with Crippen molar-refractivity contribution in [3.8, 4) is 22.8 Å². The van der Waals surface area contributed by atoms with Gasteiger partial charge in [-0.1, -0.05) is 47.1 Å². The first-order chi connectivity index (χ1) is 14.4. The second kappa shape index (κ2) is 9.84. The Labute approximate surface area is 186 Å². The number of rotatable bonds is 6. The predicted octanol–water partition coefficient (Wildman–Crippen LogP) is 3.80. The van der Waals surface area contributed by atoms with Gasteiger partial charge in [0.15, 0.2) is 11.0 Å². The van der Waals surface area contributed by atoms with Crippen molar-refractivity contribution in [3.05, 3.63) is 52.5 Å². The quantitative estimate of drug-likeness (QED) is 0.537. The van der Waals surface area contributed by atoms with E-state index in [2.05, 4.69) is 20.8 Å². The summed E-state index contributed by atoms with van der Waals surface area (Å²) in [6.07, 6.45) is 0. The fourth-order valence-corrected chi connectivity index (χ4v) is 3.69. The molecular weight excluding hydrogens is 449 g/mol. The van der Waals surface area contributed by atoms with Crippen molar-refractivity contribution < 1.29 is 14.3 Å². The van der Waals surface area contributed by atoms with E-state index in [0.29, 0.717) is 32.5 Å². The van der Waals surface area contributed by atoms with Gasteiger partial charge in [0.25, 0.3) is 0 Å². The van der Waals surface area contributed by atoms with E-state index in [4.69, 9.17) is 27.9 Å². The Morgan fingerprint density at radius 3 is 2.60 bits per heavy atom. The third-order valence-electron chi connectivity index (χ3n) is 3.91. The summed E-state index contributed by atoms with van der Waals surface area (Å²) in [4.78, 5) is 23.4. The molecule has 0 fully saturated rings. The molecule has 0 aliphatic rings. The van der Waals surface area contributed by atoms with Gasteiger partial charge >= 0.3 is 6.03 Å². The van der Waals surface area contributed by atoms with Crippen LogP contribution in [-0.2, 0) is 4.79 Å². The number of carbonyl (C=O) groups excluding carboxylic acids is 2. The van der Waals surface area contributed by atoms with E-state index in [1.54, 1.807) is 48.1 Å². The third kappa shape index (κ3) is 5.05. The Morgan fingerprint density at radius 1 is 1.13 bits per heavy atom. The first-order valence-electron chi connectivity index (χ1n) is 8.62. The number of ether oxygens (including phenoxy) is 1. The highest BCUT2D eigenvalue weighted by molar-refractivity contribution is 7.99. The maximum Gasteiger partial charge on any atom is 0.321 e. The minimum atomic E-state index is -0.585. The van der Waals surface area contributed by atoms with Crippen LogP contribution in [0.5, 0.6) is 5.75 Å². The summed E-state index contributed by atoms with van der Waals surface area (Å²) in [6.45, 7) is 0. The van der Waals surface area contributed by atoms with Crippen LogP contribution in [0.4, 0.5) is 4.79 Å². The maximum atomic E-state index is 12.0. The summed E-state index contributed by atoms with van der Waals surface area (Å²) in [5, 5.41) is 14.5. The molecule has 0 saturated carbocycles. The first kappa shape index (κ1) is 21.9. The molecule has 0 spiro atoms. The third-order valence-corrected chi connectivity index (χ3v) is 5.31. The molecule has 2 aromatic carbocycles. The van der Waals surface area contributed by atoms with Gasteiger partial charge in [-0.3, -0.25) is 14.7 Å². The van der Waals surface area contributed by atoms with E-state index in [1.165, 1.54) is 7.05 Å². The summed E-state index contributed by atoms with van der Waals surface area (Å²) in [6, 6.07) is 11.7. The predicted molar refractivity (Wildman–Crippen MR) is 117 cm³/mol. The zero-order valence-corrected chi connectivity index (χ0v) is 18.3.